The first-order chi connectivity index (χ1) is 10.2. The van der Waals surface area contributed by atoms with E-state index < -0.39 is 5.60 Å². The third-order valence-electron chi connectivity index (χ3n) is 5.45. The first kappa shape index (κ1) is 13.4. The molecule has 3 aliphatic rings. The van der Waals surface area contributed by atoms with Gasteiger partial charge >= 0.3 is 0 Å². The molecule has 0 spiro atoms. The van der Waals surface area contributed by atoms with E-state index in [-0.39, 0.29) is 0 Å². The van der Waals surface area contributed by atoms with Crippen molar-refractivity contribution in [1.29, 1.82) is 0 Å². The second-order valence-electron chi connectivity index (χ2n) is 6.70. The van der Waals surface area contributed by atoms with Crippen LogP contribution in [0.2, 0.25) is 0 Å². The molecule has 4 nitrogen and oxygen atoms in total. The first-order valence-electron chi connectivity index (χ1n) is 8.00. The SMILES string of the molecule is CN1C2CCCC1CC(O)(c1ccc3c(c1)OCCO3)C2. The number of fused-ring (bicyclic) bond motifs is 3. The van der Waals surface area contributed by atoms with Crippen LogP contribution in [0.15, 0.2) is 18.2 Å². The summed E-state index contributed by atoms with van der Waals surface area (Å²) in [7, 11) is 2.21. The van der Waals surface area contributed by atoms with Gasteiger partial charge in [-0.3, -0.25) is 0 Å². The highest BCUT2D eigenvalue weighted by Gasteiger charge is 2.45. The molecule has 0 aliphatic carbocycles. The van der Waals surface area contributed by atoms with E-state index in [4.69, 9.17) is 9.47 Å². The Bertz CT molecular complexity index is 531. The minimum absolute atomic E-state index is 0.496. The van der Waals surface area contributed by atoms with E-state index in [0.717, 1.165) is 29.9 Å². The Morgan fingerprint density at radius 2 is 1.76 bits per heavy atom. The predicted molar refractivity (Wildman–Crippen MR) is 79.8 cm³/mol. The molecule has 21 heavy (non-hydrogen) atoms. The van der Waals surface area contributed by atoms with Crippen molar-refractivity contribution in [3.8, 4) is 11.5 Å². The summed E-state index contributed by atoms with van der Waals surface area (Å²) in [5, 5.41) is 11.2. The molecule has 3 heterocycles. The van der Waals surface area contributed by atoms with Crippen LogP contribution >= 0.6 is 0 Å². The van der Waals surface area contributed by atoms with Gasteiger partial charge < -0.3 is 19.5 Å². The molecule has 114 valence electrons. The van der Waals surface area contributed by atoms with E-state index >= 15 is 0 Å². The lowest BCUT2D eigenvalue weighted by Crippen LogP contribution is -2.55. The summed E-state index contributed by atoms with van der Waals surface area (Å²) >= 11 is 0. The molecule has 2 unspecified atom stereocenters. The summed E-state index contributed by atoms with van der Waals surface area (Å²) in [5.74, 6) is 1.57. The van der Waals surface area contributed by atoms with Gasteiger partial charge in [-0.2, -0.15) is 0 Å². The zero-order valence-corrected chi connectivity index (χ0v) is 12.5. The summed E-state index contributed by atoms with van der Waals surface area (Å²) in [5.41, 5.74) is 0.259. The maximum Gasteiger partial charge on any atom is 0.161 e. The summed E-state index contributed by atoms with van der Waals surface area (Å²) < 4.78 is 11.2. The predicted octanol–water partition coefficient (Wildman–Crippen LogP) is 2.29. The number of nitrogens with zero attached hydrogens (tertiary/aromatic N) is 1. The van der Waals surface area contributed by atoms with Crippen LogP contribution in [-0.4, -0.2) is 42.4 Å². The Morgan fingerprint density at radius 3 is 2.48 bits per heavy atom. The minimum atomic E-state index is -0.724. The highest BCUT2D eigenvalue weighted by Crippen LogP contribution is 2.45. The first-order valence-corrected chi connectivity index (χ1v) is 8.00. The summed E-state index contributed by atoms with van der Waals surface area (Å²) in [6.45, 7) is 1.19. The van der Waals surface area contributed by atoms with Crippen molar-refractivity contribution in [3.63, 3.8) is 0 Å². The zero-order chi connectivity index (χ0) is 14.4. The number of piperidine rings is 2. The van der Waals surface area contributed by atoms with Crippen molar-refractivity contribution in [3.05, 3.63) is 23.8 Å². The molecular formula is C17H23NO3. The van der Waals surface area contributed by atoms with E-state index in [1.807, 2.05) is 18.2 Å². The number of ether oxygens (including phenoxy) is 2. The van der Waals surface area contributed by atoms with Gasteiger partial charge in [0.25, 0.3) is 0 Å². The van der Waals surface area contributed by atoms with Crippen LogP contribution < -0.4 is 9.47 Å². The Kier molecular flexibility index (Phi) is 3.12. The molecule has 0 saturated carbocycles. The van der Waals surface area contributed by atoms with E-state index in [0.29, 0.717) is 25.3 Å². The Morgan fingerprint density at radius 1 is 1.10 bits per heavy atom. The van der Waals surface area contributed by atoms with Crippen LogP contribution in [-0.2, 0) is 5.60 Å². The number of hydrogen-bond acceptors (Lipinski definition) is 4. The van der Waals surface area contributed by atoms with Gasteiger partial charge in [-0.25, -0.2) is 0 Å². The fourth-order valence-corrected chi connectivity index (χ4v) is 4.22. The van der Waals surface area contributed by atoms with Crippen molar-refractivity contribution in [2.45, 2.75) is 49.8 Å². The normalized spacial score (nSPS) is 35.5. The molecule has 2 bridgehead atoms. The molecular weight excluding hydrogens is 266 g/mol. The minimum Gasteiger partial charge on any atom is -0.486 e. The van der Waals surface area contributed by atoms with Crippen LogP contribution in [0.3, 0.4) is 0 Å². The summed E-state index contributed by atoms with van der Waals surface area (Å²) in [4.78, 5) is 2.47. The van der Waals surface area contributed by atoms with Crippen molar-refractivity contribution >= 4 is 0 Å². The smallest absolute Gasteiger partial charge is 0.161 e. The van der Waals surface area contributed by atoms with Gasteiger partial charge in [0.2, 0.25) is 0 Å². The molecule has 4 rings (SSSR count). The fourth-order valence-electron chi connectivity index (χ4n) is 4.22. The monoisotopic (exact) mass is 289 g/mol. The van der Waals surface area contributed by atoms with Crippen molar-refractivity contribution < 1.29 is 14.6 Å². The lowest BCUT2D eigenvalue weighted by molar-refractivity contribution is -0.0876. The lowest BCUT2D eigenvalue weighted by Gasteiger charge is -2.50. The van der Waals surface area contributed by atoms with Crippen LogP contribution in [0.5, 0.6) is 11.5 Å². The van der Waals surface area contributed by atoms with Crippen molar-refractivity contribution in [2.24, 2.45) is 0 Å². The molecule has 3 aliphatic heterocycles. The second-order valence-corrected chi connectivity index (χ2v) is 6.70. The summed E-state index contributed by atoms with van der Waals surface area (Å²) in [6.07, 6.45) is 5.32. The summed E-state index contributed by atoms with van der Waals surface area (Å²) in [6, 6.07) is 6.92. The average molecular weight is 289 g/mol. The molecule has 2 fully saturated rings. The van der Waals surface area contributed by atoms with Crippen molar-refractivity contribution in [2.75, 3.05) is 20.3 Å². The van der Waals surface area contributed by atoms with Crippen molar-refractivity contribution in [1.82, 2.24) is 4.90 Å². The van der Waals surface area contributed by atoms with Crippen LogP contribution in [0, 0.1) is 0 Å². The Hall–Kier alpha value is -1.26. The third-order valence-corrected chi connectivity index (χ3v) is 5.45. The highest BCUT2D eigenvalue weighted by atomic mass is 16.6. The highest BCUT2D eigenvalue weighted by molar-refractivity contribution is 5.45. The maximum absolute atomic E-state index is 11.2. The molecule has 0 radical (unpaired) electrons. The Labute approximate surface area is 125 Å². The van der Waals surface area contributed by atoms with E-state index in [9.17, 15) is 5.11 Å². The molecule has 4 heteroatoms. The second kappa shape index (κ2) is 4.89. The van der Waals surface area contributed by atoms with Gasteiger partial charge in [-0.05, 0) is 50.4 Å². The van der Waals surface area contributed by atoms with Crippen LogP contribution in [0.1, 0.15) is 37.7 Å². The van der Waals surface area contributed by atoms with E-state index in [2.05, 4.69) is 11.9 Å². The zero-order valence-electron chi connectivity index (χ0n) is 12.5. The third kappa shape index (κ3) is 2.21. The molecule has 1 N–H and O–H groups in total. The lowest BCUT2D eigenvalue weighted by atomic mass is 9.73. The molecule has 1 aromatic rings. The molecule has 1 aromatic carbocycles. The van der Waals surface area contributed by atoms with Gasteiger partial charge in [0.05, 0.1) is 5.60 Å². The fraction of sp³-hybridized carbons (Fsp3) is 0.647. The number of hydrogen-bond donors (Lipinski definition) is 1. The van der Waals surface area contributed by atoms with E-state index in [1.165, 1.54) is 19.3 Å². The quantitative estimate of drug-likeness (QED) is 0.861. The van der Waals surface area contributed by atoms with Gasteiger partial charge in [0.15, 0.2) is 11.5 Å². The van der Waals surface area contributed by atoms with Gasteiger partial charge in [-0.1, -0.05) is 12.5 Å². The molecule has 2 atom stereocenters. The molecule has 0 amide bonds. The number of benzene rings is 1. The van der Waals surface area contributed by atoms with Gasteiger partial charge in [0, 0.05) is 12.1 Å². The van der Waals surface area contributed by atoms with Gasteiger partial charge in [0.1, 0.15) is 13.2 Å². The van der Waals surface area contributed by atoms with Crippen LogP contribution in [0.25, 0.3) is 0 Å². The largest absolute Gasteiger partial charge is 0.486 e. The molecule has 2 saturated heterocycles. The Balaban J connectivity index is 1.66. The maximum atomic E-state index is 11.2. The van der Waals surface area contributed by atoms with Gasteiger partial charge in [-0.15, -0.1) is 0 Å². The standard InChI is InChI=1S/C17H23NO3/c1-18-13-3-2-4-14(18)11-17(19,10-13)12-5-6-15-16(9-12)21-8-7-20-15/h5-6,9,13-14,19H,2-4,7-8,10-11H2,1H3. The average Bonchev–Trinajstić information content (AvgIpc) is 2.49. The number of aliphatic hydroxyl groups is 1. The number of rotatable bonds is 1. The van der Waals surface area contributed by atoms with Crippen LogP contribution in [0.4, 0.5) is 0 Å². The molecule has 0 aromatic heterocycles. The van der Waals surface area contributed by atoms with E-state index in [1.54, 1.807) is 0 Å². The topological polar surface area (TPSA) is 41.9 Å².